The van der Waals surface area contributed by atoms with Crippen molar-refractivity contribution in [3.63, 3.8) is 0 Å². The molecule has 0 saturated carbocycles. The van der Waals surface area contributed by atoms with Crippen molar-refractivity contribution in [3.8, 4) is 11.1 Å². The number of hydrogen-bond donors (Lipinski definition) is 4. The fourth-order valence-electron chi connectivity index (χ4n) is 4.36. The molecule has 0 spiro atoms. The second-order valence-corrected chi connectivity index (χ2v) is 8.88. The molecule has 0 aliphatic heterocycles. The number of alkyl halides is 3. The Kier molecular flexibility index (Phi) is 7.14. The number of amides is 1. The Labute approximate surface area is 214 Å². The van der Waals surface area contributed by atoms with Crippen molar-refractivity contribution in [2.75, 3.05) is 0 Å². The Balaban J connectivity index is 1.61. The average Bonchev–Trinajstić information content (AvgIpc) is 3.25. The number of carboxylic acids is 1. The Bertz CT molecular complexity index is 1590. The van der Waals surface area contributed by atoms with Gasteiger partial charge in [0.05, 0.1) is 17.7 Å². The van der Waals surface area contributed by atoms with Gasteiger partial charge in [-0.3, -0.25) is 9.59 Å². The number of aryl methyl sites for hydroxylation is 1. The molecule has 0 saturated heterocycles. The molecule has 38 heavy (non-hydrogen) atoms. The first kappa shape index (κ1) is 26.7. The van der Waals surface area contributed by atoms with Crippen LogP contribution < -0.4 is 10.9 Å². The van der Waals surface area contributed by atoms with Crippen molar-refractivity contribution in [3.05, 3.63) is 93.0 Å². The Morgan fingerprint density at radius 3 is 2.37 bits per heavy atom. The first-order valence-corrected chi connectivity index (χ1v) is 11.5. The third-order valence-corrected chi connectivity index (χ3v) is 6.46. The molecule has 0 bridgehead atoms. The average molecular weight is 527 g/mol. The highest BCUT2D eigenvalue weighted by Crippen LogP contribution is 2.36. The molecule has 8 nitrogen and oxygen atoms in total. The summed E-state index contributed by atoms with van der Waals surface area (Å²) in [7, 11) is 1.38. The molecule has 4 rings (SSSR count). The molecule has 2 aromatic carbocycles. The zero-order valence-corrected chi connectivity index (χ0v) is 20.4. The zero-order chi connectivity index (χ0) is 27.8. The number of nitrogens with one attached hydrogen (secondary N) is 2. The summed E-state index contributed by atoms with van der Waals surface area (Å²) < 4.78 is 42.2. The van der Waals surface area contributed by atoms with Crippen LogP contribution in [0, 0.1) is 6.92 Å². The van der Waals surface area contributed by atoms with Crippen LogP contribution in [0.1, 0.15) is 32.9 Å². The molecule has 1 amide bonds. The molecule has 2 aromatic heterocycles. The van der Waals surface area contributed by atoms with E-state index in [0.717, 1.165) is 10.6 Å². The van der Waals surface area contributed by atoms with Gasteiger partial charge in [0.1, 0.15) is 11.7 Å². The lowest BCUT2D eigenvalue weighted by Gasteiger charge is -2.17. The number of halogens is 3. The van der Waals surface area contributed by atoms with E-state index in [1.54, 1.807) is 24.3 Å². The molecule has 0 aliphatic rings. The van der Waals surface area contributed by atoms with Gasteiger partial charge in [0.2, 0.25) is 0 Å². The monoisotopic (exact) mass is 527 g/mol. The number of fused-ring (bicyclic) bond motifs is 1. The summed E-state index contributed by atoms with van der Waals surface area (Å²) in [6.45, 7) is 0.966. The second kappa shape index (κ2) is 10.2. The lowest BCUT2D eigenvalue weighted by molar-refractivity contribution is -0.139. The van der Waals surface area contributed by atoms with Crippen molar-refractivity contribution >= 4 is 22.8 Å². The highest BCUT2D eigenvalue weighted by atomic mass is 19.4. The summed E-state index contributed by atoms with van der Waals surface area (Å²) in [5, 5.41) is 22.5. The number of aliphatic hydroxyl groups excluding tert-OH is 1. The fraction of sp³-hybridized carbons (Fsp3) is 0.222. The first-order chi connectivity index (χ1) is 17.9. The Hall–Kier alpha value is -4.38. The number of nitrogens with zero attached hydrogens (tertiary/aromatic N) is 1. The number of para-hydroxylation sites is 1. The van der Waals surface area contributed by atoms with Crippen molar-refractivity contribution in [1.29, 1.82) is 0 Å². The molecule has 1 unspecified atom stereocenters. The number of hydrogen-bond acceptors (Lipinski definition) is 4. The lowest BCUT2D eigenvalue weighted by Crippen LogP contribution is -2.42. The zero-order valence-electron chi connectivity index (χ0n) is 20.4. The maximum absolute atomic E-state index is 13.7. The molecule has 1 atom stereocenters. The van der Waals surface area contributed by atoms with Gasteiger partial charge in [-0.25, -0.2) is 4.79 Å². The van der Waals surface area contributed by atoms with Crippen LogP contribution in [0.25, 0.3) is 22.0 Å². The van der Waals surface area contributed by atoms with Crippen LogP contribution >= 0.6 is 0 Å². The Morgan fingerprint density at radius 1 is 1.11 bits per heavy atom. The highest BCUT2D eigenvalue weighted by molar-refractivity contribution is 6.02. The SMILES string of the molecule is Cc1cc(C(F)(F)F)c(-c2ccc(CC(NC(=O)c3[nH]c4ccccc4c3CO)C(=O)O)cc2)c(=O)n1C. The maximum Gasteiger partial charge on any atom is 0.417 e. The predicted octanol–water partition coefficient (Wildman–Crippen LogP) is 3.78. The van der Waals surface area contributed by atoms with Crippen LogP contribution in [-0.4, -0.2) is 37.7 Å². The van der Waals surface area contributed by atoms with Crippen molar-refractivity contribution < 1.29 is 33.0 Å². The number of aromatic amines is 1. The largest absolute Gasteiger partial charge is 0.480 e. The smallest absolute Gasteiger partial charge is 0.417 e. The summed E-state index contributed by atoms with van der Waals surface area (Å²) in [4.78, 5) is 40.4. The van der Waals surface area contributed by atoms with Crippen LogP contribution in [0.4, 0.5) is 13.2 Å². The number of aromatic nitrogens is 2. The standard InChI is InChI=1S/C27H24F3N3O5/c1-14-11-19(27(28,29)30)22(25(36)33(14)2)16-9-7-15(8-10-16)12-21(26(37)38)32-24(35)23-18(13-34)17-5-3-4-6-20(17)31-23/h3-11,21,31,34H,12-13H2,1-2H3,(H,32,35)(H,37,38). The molecule has 0 radical (unpaired) electrons. The van der Waals surface area contributed by atoms with Gasteiger partial charge in [-0.2, -0.15) is 13.2 Å². The Morgan fingerprint density at radius 2 is 1.76 bits per heavy atom. The quantitative estimate of drug-likeness (QED) is 0.291. The summed E-state index contributed by atoms with van der Waals surface area (Å²) in [6.07, 6.45) is -4.92. The van der Waals surface area contributed by atoms with E-state index < -0.39 is 47.4 Å². The summed E-state index contributed by atoms with van der Waals surface area (Å²) in [5.41, 5.74) is -0.807. The molecule has 11 heteroatoms. The van der Waals surface area contributed by atoms with Gasteiger partial charge in [-0.1, -0.05) is 42.5 Å². The highest BCUT2D eigenvalue weighted by Gasteiger charge is 2.36. The summed E-state index contributed by atoms with van der Waals surface area (Å²) in [6, 6.07) is 11.9. The third-order valence-electron chi connectivity index (χ3n) is 6.46. The van der Waals surface area contributed by atoms with Crippen LogP contribution in [0.2, 0.25) is 0 Å². The van der Waals surface area contributed by atoms with Gasteiger partial charge in [0.25, 0.3) is 11.5 Å². The molecular formula is C27H24F3N3O5. The summed E-state index contributed by atoms with van der Waals surface area (Å²) >= 11 is 0. The van der Waals surface area contributed by atoms with E-state index >= 15 is 0 Å². The number of carboxylic acid groups (broad SMARTS) is 1. The van der Waals surface area contributed by atoms with Gasteiger partial charge in [0.15, 0.2) is 0 Å². The number of H-pyrrole nitrogens is 1. The van der Waals surface area contributed by atoms with E-state index in [0.29, 0.717) is 22.0 Å². The second-order valence-electron chi connectivity index (χ2n) is 8.88. The molecule has 0 fully saturated rings. The van der Waals surface area contributed by atoms with Gasteiger partial charge in [0, 0.05) is 35.6 Å². The number of aliphatic hydroxyl groups is 1. The van der Waals surface area contributed by atoms with Crippen LogP contribution in [0.15, 0.2) is 59.4 Å². The van der Waals surface area contributed by atoms with E-state index in [1.165, 1.54) is 38.2 Å². The number of carbonyl (C=O) groups is 2. The van der Waals surface area contributed by atoms with E-state index in [9.17, 15) is 37.8 Å². The lowest BCUT2D eigenvalue weighted by atomic mass is 9.97. The van der Waals surface area contributed by atoms with Crippen LogP contribution in [0.3, 0.4) is 0 Å². The van der Waals surface area contributed by atoms with E-state index in [-0.39, 0.29) is 23.4 Å². The third kappa shape index (κ3) is 5.05. The summed E-state index contributed by atoms with van der Waals surface area (Å²) in [5.74, 6) is -2.05. The number of pyridine rings is 1. The molecular weight excluding hydrogens is 503 g/mol. The molecule has 198 valence electrons. The maximum atomic E-state index is 13.7. The number of aliphatic carboxylic acids is 1. The molecule has 0 aliphatic carbocycles. The van der Waals surface area contributed by atoms with Crippen LogP contribution in [0.5, 0.6) is 0 Å². The number of rotatable bonds is 7. The predicted molar refractivity (Wildman–Crippen MR) is 134 cm³/mol. The minimum absolute atomic E-state index is 0.0308. The van der Waals surface area contributed by atoms with Gasteiger partial charge >= 0.3 is 12.1 Å². The van der Waals surface area contributed by atoms with E-state index in [4.69, 9.17) is 0 Å². The van der Waals surface area contributed by atoms with Crippen LogP contribution in [-0.2, 0) is 31.0 Å². The molecule has 2 heterocycles. The normalized spacial score (nSPS) is 12.5. The van der Waals surface area contributed by atoms with Gasteiger partial charge < -0.3 is 25.1 Å². The van der Waals surface area contributed by atoms with Crippen molar-refractivity contribution in [2.24, 2.45) is 7.05 Å². The van der Waals surface area contributed by atoms with E-state index in [1.807, 2.05) is 0 Å². The van der Waals surface area contributed by atoms with Gasteiger partial charge in [-0.05, 0) is 30.2 Å². The minimum atomic E-state index is -4.75. The molecule has 4 N–H and O–H groups in total. The molecule has 4 aromatic rings. The van der Waals surface area contributed by atoms with Crippen molar-refractivity contribution in [1.82, 2.24) is 14.9 Å². The fourth-order valence-corrected chi connectivity index (χ4v) is 4.36. The van der Waals surface area contributed by atoms with Crippen molar-refractivity contribution in [2.45, 2.75) is 32.2 Å². The van der Waals surface area contributed by atoms with Gasteiger partial charge in [-0.15, -0.1) is 0 Å². The van der Waals surface area contributed by atoms with E-state index in [2.05, 4.69) is 10.3 Å². The topological polar surface area (TPSA) is 124 Å². The number of benzene rings is 2. The minimum Gasteiger partial charge on any atom is -0.480 e. The number of carbonyl (C=O) groups excluding carboxylic acids is 1. The first-order valence-electron chi connectivity index (χ1n) is 11.5.